The monoisotopic (exact) mass is 304 g/mol. The molecule has 2 aromatic carbocycles. The number of nitrogens with two attached hydrogens (primary N) is 1. The average Bonchev–Trinajstić information content (AvgIpc) is 2.49. The highest BCUT2D eigenvalue weighted by molar-refractivity contribution is 6.32. The van der Waals surface area contributed by atoms with Gasteiger partial charge in [0.15, 0.2) is 0 Å². The molecule has 2 rings (SSSR count). The van der Waals surface area contributed by atoms with Crippen molar-refractivity contribution < 1.29 is 4.74 Å². The fourth-order valence-electron chi connectivity index (χ4n) is 2.30. The first kappa shape index (κ1) is 15.8. The summed E-state index contributed by atoms with van der Waals surface area (Å²) >= 11 is 6.18. The van der Waals surface area contributed by atoms with E-state index in [2.05, 4.69) is 29.2 Å². The number of methoxy groups -OCH3 is 1. The lowest BCUT2D eigenvalue weighted by Crippen LogP contribution is -2.28. The maximum atomic E-state index is 6.18. The summed E-state index contributed by atoms with van der Waals surface area (Å²) in [6.45, 7) is 3.17. The first-order valence-electron chi connectivity index (χ1n) is 7.01. The molecule has 3 nitrogen and oxygen atoms in total. The molecule has 0 spiro atoms. The van der Waals surface area contributed by atoms with Crippen LogP contribution in [0.15, 0.2) is 48.5 Å². The molecule has 0 amide bonds. The van der Waals surface area contributed by atoms with Gasteiger partial charge in [0.1, 0.15) is 5.75 Å². The Balaban J connectivity index is 2.07. The molecule has 21 heavy (non-hydrogen) atoms. The van der Waals surface area contributed by atoms with Crippen LogP contribution in [0.25, 0.3) is 0 Å². The first-order chi connectivity index (χ1) is 10.2. The maximum absolute atomic E-state index is 6.18. The highest BCUT2D eigenvalue weighted by Gasteiger charge is 2.08. The van der Waals surface area contributed by atoms with E-state index < -0.39 is 0 Å². The van der Waals surface area contributed by atoms with Crippen LogP contribution < -0.4 is 10.5 Å². The molecule has 0 atom stereocenters. The highest BCUT2D eigenvalue weighted by Crippen LogP contribution is 2.25. The minimum absolute atomic E-state index is 0.636. The highest BCUT2D eigenvalue weighted by atomic mass is 35.5. The SMILES string of the molecule is COc1ccc(CN(CCN)Cc2ccccc2)cc1Cl. The second kappa shape index (κ2) is 8.03. The topological polar surface area (TPSA) is 38.5 Å². The summed E-state index contributed by atoms with van der Waals surface area (Å²) in [5, 5.41) is 0.641. The summed E-state index contributed by atoms with van der Waals surface area (Å²) < 4.78 is 5.18. The quantitative estimate of drug-likeness (QED) is 0.853. The predicted octanol–water partition coefficient (Wildman–Crippen LogP) is 3.31. The van der Waals surface area contributed by atoms with Crippen LogP contribution in [-0.4, -0.2) is 25.1 Å². The van der Waals surface area contributed by atoms with E-state index in [4.69, 9.17) is 22.1 Å². The third kappa shape index (κ3) is 4.74. The second-order valence-electron chi connectivity index (χ2n) is 4.95. The van der Waals surface area contributed by atoms with Crippen molar-refractivity contribution in [3.05, 3.63) is 64.7 Å². The summed E-state index contributed by atoms with van der Waals surface area (Å²) in [5.74, 6) is 0.703. The van der Waals surface area contributed by atoms with Crippen LogP contribution in [0.4, 0.5) is 0 Å². The van der Waals surface area contributed by atoms with Gasteiger partial charge in [0, 0.05) is 26.2 Å². The first-order valence-corrected chi connectivity index (χ1v) is 7.39. The Kier molecular flexibility index (Phi) is 6.05. The van der Waals surface area contributed by atoms with Gasteiger partial charge < -0.3 is 10.5 Å². The molecule has 0 aromatic heterocycles. The number of nitrogens with zero attached hydrogens (tertiary/aromatic N) is 1. The average molecular weight is 305 g/mol. The summed E-state index contributed by atoms with van der Waals surface area (Å²) in [7, 11) is 1.62. The summed E-state index contributed by atoms with van der Waals surface area (Å²) in [6.07, 6.45) is 0. The van der Waals surface area contributed by atoms with Gasteiger partial charge in [-0.05, 0) is 23.3 Å². The van der Waals surface area contributed by atoms with E-state index >= 15 is 0 Å². The summed E-state index contributed by atoms with van der Waals surface area (Å²) in [4.78, 5) is 2.31. The van der Waals surface area contributed by atoms with Gasteiger partial charge in [0.2, 0.25) is 0 Å². The Bertz CT molecular complexity index is 560. The molecule has 0 fully saturated rings. The van der Waals surface area contributed by atoms with Crippen LogP contribution in [0.5, 0.6) is 5.75 Å². The van der Waals surface area contributed by atoms with Crippen molar-refractivity contribution in [2.75, 3.05) is 20.2 Å². The van der Waals surface area contributed by atoms with E-state index in [1.54, 1.807) is 7.11 Å². The van der Waals surface area contributed by atoms with Gasteiger partial charge in [-0.1, -0.05) is 48.0 Å². The summed E-state index contributed by atoms with van der Waals surface area (Å²) in [6, 6.07) is 16.3. The van der Waals surface area contributed by atoms with Gasteiger partial charge in [-0.25, -0.2) is 0 Å². The van der Waals surface area contributed by atoms with E-state index in [0.717, 1.165) is 25.2 Å². The van der Waals surface area contributed by atoms with Crippen LogP contribution >= 0.6 is 11.6 Å². The van der Waals surface area contributed by atoms with Crippen molar-refractivity contribution >= 4 is 11.6 Å². The Hall–Kier alpha value is -1.55. The van der Waals surface area contributed by atoms with E-state index in [1.165, 1.54) is 5.56 Å². The molecule has 0 aliphatic carbocycles. The Morgan fingerprint density at radius 2 is 1.76 bits per heavy atom. The number of hydrogen-bond donors (Lipinski definition) is 1. The zero-order chi connectivity index (χ0) is 15.1. The van der Waals surface area contributed by atoms with Crippen LogP contribution in [0.3, 0.4) is 0 Å². The molecule has 0 bridgehead atoms. The standard InChI is InChI=1S/C17H21ClN2O/c1-21-17-8-7-15(11-16(17)18)13-20(10-9-19)12-14-5-3-2-4-6-14/h2-8,11H,9-10,12-13,19H2,1H3. The van der Waals surface area contributed by atoms with Crippen molar-refractivity contribution in [2.24, 2.45) is 5.73 Å². The molecule has 0 aliphatic heterocycles. The van der Waals surface area contributed by atoms with Crippen molar-refractivity contribution in [3.63, 3.8) is 0 Å². The lowest BCUT2D eigenvalue weighted by atomic mass is 10.1. The fraction of sp³-hybridized carbons (Fsp3) is 0.294. The van der Waals surface area contributed by atoms with Crippen molar-refractivity contribution in [3.8, 4) is 5.75 Å². The number of halogens is 1. The van der Waals surface area contributed by atoms with Gasteiger partial charge in [0.05, 0.1) is 12.1 Å². The molecule has 112 valence electrons. The molecular weight excluding hydrogens is 284 g/mol. The predicted molar refractivity (Wildman–Crippen MR) is 87.6 cm³/mol. The molecule has 0 heterocycles. The number of ether oxygens (including phenoxy) is 1. The van der Waals surface area contributed by atoms with E-state index in [9.17, 15) is 0 Å². The van der Waals surface area contributed by atoms with Crippen LogP contribution in [-0.2, 0) is 13.1 Å². The van der Waals surface area contributed by atoms with Crippen LogP contribution in [0.2, 0.25) is 5.02 Å². The molecule has 0 saturated heterocycles. The maximum Gasteiger partial charge on any atom is 0.137 e. The smallest absolute Gasteiger partial charge is 0.137 e. The lowest BCUT2D eigenvalue weighted by molar-refractivity contribution is 0.264. The lowest BCUT2D eigenvalue weighted by Gasteiger charge is -2.22. The van der Waals surface area contributed by atoms with E-state index in [-0.39, 0.29) is 0 Å². The Morgan fingerprint density at radius 1 is 1.05 bits per heavy atom. The number of hydrogen-bond acceptors (Lipinski definition) is 3. The van der Waals surface area contributed by atoms with Gasteiger partial charge in [-0.2, -0.15) is 0 Å². The summed E-state index contributed by atoms with van der Waals surface area (Å²) in [5.41, 5.74) is 8.17. The third-order valence-corrected chi connectivity index (χ3v) is 3.61. The minimum Gasteiger partial charge on any atom is -0.495 e. The normalized spacial score (nSPS) is 10.9. The van der Waals surface area contributed by atoms with Gasteiger partial charge in [-0.3, -0.25) is 4.90 Å². The molecule has 2 aromatic rings. The molecule has 2 N–H and O–H groups in total. The molecule has 0 aliphatic rings. The Labute approximate surface area is 131 Å². The van der Waals surface area contributed by atoms with Gasteiger partial charge in [0.25, 0.3) is 0 Å². The van der Waals surface area contributed by atoms with Gasteiger partial charge in [-0.15, -0.1) is 0 Å². The zero-order valence-corrected chi connectivity index (χ0v) is 13.0. The van der Waals surface area contributed by atoms with Crippen molar-refractivity contribution in [1.82, 2.24) is 4.90 Å². The van der Waals surface area contributed by atoms with E-state index in [1.807, 2.05) is 24.3 Å². The zero-order valence-electron chi connectivity index (χ0n) is 12.3. The Morgan fingerprint density at radius 3 is 2.38 bits per heavy atom. The van der Waals surface area contributed by atoms with E-state index in [0.29, 0.717) is 17.3 Å². The number of rotatable bonds is 7. The largest absolute Gasteiger partial charge is 0.495 e. The molecule has 0 radical (unpaired) electrons. The minimum atomic E-state index is 0.636. The molecular formula is C17H21ClN2O. The molecule has 4 heteroatoms. The number of benzene rings is 2. The molecule has 0 unspecified atom stereocenters. The fourth-order valence-corrected chi connectivity index (χ4v) is 2.58. The van der Waals surface area contributed by atoms with Crippen LogP contribution in [0.1, 0.15) is 11.1 Å². The van der Waals surface area contributed by atoms with Crippen molar-refractivity contribution in [1.29, 1.82) is 0 Å². The molecule has 0 saturated carbocycles. The van der Waals surface area contributed by atoms with Gasteiger partial charge >= 0.3 is 0 Å². The second-order valence-corrected chi connectivity index (χ2v) is 5.36. The van der Waals surface area contributed by atoms with Crippen LogP contribution in [0, 0.1) is 0 Å². The third-order valence-electron chi connectivity index (χ3n) is 3.32. The van der Waals surface area contributed by atoms with Crippen molar-refractivity contribution in [2.45, 2.75) is 13.1 Å².